The number of halogens is 1. The first kappa shape index (κ1) is 18.3. The largest absolute Gasteiger partial charge is 0.462 e. The number of hydrogen-bond acceptors (Lipinski definition) is 6. The molecule has 0 aliphatic heterocycles. The molecule has 2 aromatic heterocycles. The highest BCUT2D eigenvalue weighted by molar-refractivity contribution is 5.89. The summed E-state index contributed by atoms with van der Waals surface area (Å²) in [6.45, 7) is 2.42. The van der Waals surface area contributed by atoms with Gasteiger partial charge in [0.25, 0.3) is 0 Å². The van der Waals surface area contributed by atoms with E-state index in [1.54, 1.807) is 49.5 Å². The zero-order valence-corrected chi connectivity index (χ0v) is 14.7. The summed E-state index contributed by atoms with van der Waals surface area (Å²) in [6.07, 6.45) is 4.57. The summed E-state index contributed by atoms with van der Waals surface area (Å²) in [6, 6.07) is 11.4. The van der Waals surface area contributed by atoms with Gasteiger partial charge in [-0.3, -0.25) is 4.98 Å². The molecule has 1 aromatic carbocycles. The monoisotopic (exact) mass is 367 g/mol. The lowest BCUT2D eigenvalue weighted by Gasteiger charge is -2.09. The second kappa shape index (κ2) is 8.75. The minimum Gasteiger partial charge on any atom is -0.462 e. The molecule has 2 heterocycles. The van der Waals surface area contributed by atoms with Crippen LogP contribution in [-0.4, -0.2) is 22.5 Å². The van der Waals surface area contributed by atoms with Crippen molar-refractivity contribution in [1.29, 1.82) is 0 Å². The predicted octanol–water partition coefficient (Wildman–Crippen LogP) is 4.20. The lowest BCUT2D eigenvalue weighted by molar-refractivity contribution is 0.0526. The van der Waals surface area contributed by atoms with Crippen molar-refractivity contribution >= 4 is 11.8 Å². The fourth-order valence-corrected chi connectivity index (χ4v) is 2.30. The number of esters is 1. The van der Waals surface area contributed by atoms with Crippen LogP contribution in [0.3, 0.4) is 0 Å². The topological polar surface area (TPSA) is 73.3 Å². The van der Waals surface area contributed by atoms with Crippen LogP contribution < -0.4 is 10.1 Å². The van der Waals surface area contributed by atoms with E-state index in [0.717, 1.165) is 5.56 Å². The normalized spacial score (nSPS) is 10.3. The second-order valence-corrected chi connectivity index (χ2v) is 5.56. The van der Waals surface area contributed by atoms with Gasteiger partial charge < -0.3 is 14.8 Å². The zero-order valence-electron chi connectivity index (χ0n) is 14.7. The fraction of sp³-hybridized carbons (Fsp3) is 0.150. The van der Waals surface area contributed by atoms with Crippen molar-refractivity contribution in [2.45, 2.75) is 13.5 Å². The van der Waals surface area contributed by atoms with E-state index in [1.807, 2.05) is 0 Å². The molecule has 0 bridgehead atoms. The van der Waals surface area contributed by atoms with E-state index in [-0.39, 0.29) is 5.75 Å². The second-order valence-electron chi connectivity index (χ2n) is 5.56. The third kappa shape index (κ3) is 5.01. The molecule has 3 rings (SSSR count). The molecule has 0 radical (unpaired) electrons. The number of anilines is 1. The molecule has 0 amide bonds. The van der Waals surface area contributed by atoms with E-state index in [9.17, 15) is 9.18 Å². The van der Waals surface area contributed by atoms with Gasteiger partial charge in [-0.2, -0.15) is 0 Å². The van der Waals surface area contributed by atoms with Gasteiger partial charge in [-0.25, -0.2) is 14.2 Å². The molecule has 1 N–H and O–H groups in total. The molecule has 0 aliphatic carbocycles. The van der Waals surface area contributed by atoms with Crippen LogP contribution in [0.25, 0.3) is 0 Å². The molecule has 3 aromatic rings. The Morgan fingerprint density at radius 3 is 2.74 bits per heavy atom. The van der Waals surface area contributed by atoms with Crippen molar-refractivity contribution < 1.29 is 18.7 Å². The first-order valence-corrected chi connectivity index (χ1v) is 8.39. The number of nitrogens with zero attached hydrogens (tertiary/aromatic N) is 2. The molecule has 6 nitrogen and oxygen atoms in total. The minimum atomic E-state index is -0.469. The Morgan fingerprint density at radius 1 is 1.19 bits per heavy atom. The van der Waals surface area contributed by atoms with Crippen molar-refractivity contribution in [2.24, 2.45) is 0 Å². The predicted molar refractivity (Wildman–Crippen MR) is 98.2 cm³/mol. The van der Waals surface area contributed by atoms with Crippen molar-refractivity contribution in [3.05, 3.63) is 78.0 Å². The lowest BCUT2D eigenvalue weighted by atomic mass is 10.2. The molecule has 0 aliphatic rings. The van der Waals surface area contributed by atoms with Gasteiger partial charge in [0, 0.05) is 18.9 Å². The van der Waals surface area contributed by atoms with E-state index in [4.69, 9.17) is 9.47 Å². The van der Waals surface area contributed by atoms with Gasteiger partial charge in [-0.05, 0) is 48.9 Å². The summed E-state index contributed by atoms with van der Waals surface area (Å²) in [5.74, 6) is 0.280. The molecule has 0 fully saturated rings. The summed E-state index contributed by atoms with van der Waals surface area (Å²) < 4.78 is 24.6. The third-order valence-electron chi connectivity index (χ3n) is 3.61. The Bertz CT molecular complexity index is 902. The molecule has 138 valence electrons. The Hall–Kier alpha value is -3.48. The highest BCUT2D eigenvalue weighted by Gasteiger charge is 2.08. The molecule has 0 saturated carbocycles. The molecular formula is C20H18FN3O3. The Labute approximate surface area is 156 Å². The van der Waals surface area contributed by atoms with Crippen molar-refractivity contribution in [1.82, 2.24) is 9.97 Å². The van der Waals surface area contributed by atoms with E-state index in [2.05, 4.69) is 15.3 Å². The van der Waals surface area contributed by atoms with Crippen LogP contribution in [0.15, 0.2) is 61.1 Å². The van der Waals surface area contributed by atoms with Crippen LogP contribution in [0, 0.1) is 5.82 Å². The SMILES string of the molecule is CCOC(=O)c1ccc(NCc2ccc(Oc3cccnc3)c(F)c2)nc1. The Balaban J connectivity index is 1.60. The van der Waals surface area contributed by atoms with Gasteiger partial charge in [0.2, 0.25) is 0 Å². The maximum atomic E-state index is 14.2. The maximum absolute atomic E-state index is 14.2. The summed E-state index contributed by atoms with van der Waals surface area (Å²) in [4.78, 5) is 19.7. The number of rotatable bonds is 7. The Kier molecular flexibility index (Phi) is 5.94. The van der Waals surface area contributed by atoms with Crippen LogP contribution in [0.5, 0.6) is 11.5 Å². The number of aromatic nitrogens is 2. The average molecular weight is 367 g/mol. The summed E-state index contributed by atoms with van der Waals surface area (Å²) >= 11 is 0. The number of nitrogens with one attached hydrogen (secondary N) is 1. The first-order valence-electron chi connectivity index (χ1n) is 8.39. The van der Waals surface area contributed by atoms with Crippen LogP contribution in [0.4, 0.5) is 10.2 Å². The molecule has 0 atom stereocenters. The van der Waals surface area contributed by atoms with Crippen molar-refractivity contribution in [3.63, 3.8) is 0 Å². The number of benzene rings is 1. The lowest BCUT2D eigenvalue weighted by Crippen LogP contribution is -2.06. The fourth-order valence-electron chi connectivity index (χ4n) is 2.30. The van der Waals surface area contributed by atoms with Gasteiger partial charge in [-0.15, -0.1) is 0 Å². The summed E-state index contributed by atoms with van der Waals surface area (Å²) in [7, 11) is 0. The number of ether oxygens (including phenoxy) is 2. The number of hydrogen-bond donors (Lipinski definition) is 1. The standard InChI is InChI=1S/C20H18FN3O3/c1-2-26-20(25)15-6-8-19(24-12-15)23-11-14-5-7-18(17(21)10-14)27-16-4-3-9-22-13-16/h3-10,12-13H,2,11H2,1H3,(H,23,24). The Morgan fingerprint density at radius 2 is 2.07 bits per heavy atom. The van der Waals surface area contributed by atoms with Crippen molar-refractivity contribution in [2.75, 3.05) is 11.9 Å². The minimum absolute atomic E-state index is 0.128. The van der Waals surface area contributed by atoms with Crippen LogP contribution >= 0.6 is 0 Å². The highest BCUT2D eigenvalue weighted by Crippen LogP contribution is 2.24. The summed E-state index contributed by atoms with van der Waals surface area (Å²) in [5, 5.41) is 3.07. The average Bonchev–Trinajstić information content (AvgIpc) is 2.70. The van der Waals surface area contributed by atoms with E-state index < -0.39 is 11.8 Å². The number of carbonyl (C=O) groups is 1. The van der Waals surface area contributed by atoms with Crippen LogP contribution in [-0.2, 0) is 11.3 Å². The highest BCUT2D eigenvalue weighted by atomic mass is 19.1. The molecular weight excluding hydrogens is 349 g/mol. The zero-order chi connectivity index (χ0) is 19.1. The molecule has 0 saturated heterocycles. The van der Waals surface area contributed by atoms with E-state index in [1.165, 1.54) is 18.5 Å². The van der Waals surface area contributed by atoms with Crippen LogP contribution in [0.1, 0.15) is 22.8 Å². The van der Waals surface area contributed by atoms with Gasteiger partial charge in [-0.1, -0.05) is 6.07 Å². The first-order chi connectivity index (χ1) is 13.2. The number of pyridine rings is 2. The number of carbonyl (C=O) groups excluding carboxylic acids is 1. The van der Waals surface area contributed by atoms with Gasteiger partial charge in [0.1, 0.15) is 11.6 Å². The molecule has 0 unspecified atom stereocenters. The van der Waals surface area contributed by atoms with Gasteiger partial charge in [0.05, 0.1) is 18.4 Å². The molecule has 27 heavy (non-hydrogen) atoms. The van der Waals surface area contributed by atoms with E-state index >= 15 is 0 Å². The van der Waals surface area contributed by atoms with Crippen LogP contribution in [0.2, 0.25) is 0 Å². The quantitative estimate of drug-likeness (QED) is 0.631. The maximum Gasteiger partial charge on any atom is 0.339 e. The van der Waals surface area contributed by atoms with Gasteiger partial charge in [0.15, 0.2) is 11.6 Å². The molecule has 7 heteroatoms. The molecule has 0 spiro atoms. The third-order valence-corrected chi connectivity index (χ3v) is 3.61. The smallest absolute Gasteiger partial charge is 0.339 e. The van der Waals surface area contributed by atoms with Gasteiger partial charge >= 0.3 is 5.97 Å². The summed E-state index contributed by atoms with van der Waals surface area (Å²) in [5.41, 5.74) is 1.10. The van der Waals surface area contributed by atoms with E-state index in [0.29, 0.717) is 30.3 Å². The van der Waals surface area contributed by atoms with Crippen molar-refractivity contribution in [3.8, 4) is 11.5 Å².